The number of hydrogen-bond acceptors (Lipinski definition) is 6. The average Bonchev–Trinajstić information content (AvgIpc) is 2.57. The highest BCUT2D eigenvalue weighted by Gasteiger charge is 2.15. The van der Waals surface area contributed by atoms with E-state index >= 15 is 0 Å². The summed E-state index contributed by atoms with van der Waals surface area (Å²) in [6.07, 6.45) is 4.85. The smallest absolute Gasteiger partial charge is 0.305 e. The van der Waals surface area contributed by atoms with Gasteiger partial charge in [0.2, 0.25) is 5.95 Å². The number of rotatable bonds is 4. The second kappa shape index (κ2) is 6.60. The minimum Gasteiger partial charge on any atom is -0.372 e. The Morgan fingerprint density at radius 2 is 1.78 bits per heavy atom. The lowest BCUT2D eigenvalue weighted by Gasteiger charge is -2.32. The molecule has 1 aromatic heterocycles. The van der Waals surface area contributed by atoms with Gasteiger partial charge >= 0.3 is 5.69 Å². The molecule has 0 atom stereocenters. The van der Waals surface area contributed by atoms with Crippen LogP contribution in [0.15, 0.2) is 36.7 Å². The van der Waals surface area contributed by atoms with Crippen molar-refractivity contribution in [2.75, 3.05) is 23.3 Å². The van der Waals surface area contributed by atoms with Crippen LogP contribution >= 0.6 is 0 Å². The maximum atomic E-state index is 10.6. The predicted octanol–water partition coefficient (Wildman–Crippen LogP) is 3.36. The lowest BCUT2D eigenvalue weighted by atomic mass is 9.99. The third-order valence-electron chi connectivity index (χ3n) is 4.12. The van der Waals surface area contributed by atoms with Gasteiger partial charge in [0.25, 0.3) is 0 Å². The SMILES string of the molecule is CC1CCN(c2ccc(Nc3ncc([N+](=O)[O-])cn3)cc2)CC1. The maximum absolute atomic E-state index is 10.6. The van der Waals surface area contributed by atoms with Crippen LogP contribution in [0.4, 0.5) is 23.0 Å². The second-order valence-electron chi connectivity index (χ2n) is 5.86. The maximum Gasteiger partial charge on any atom is 0.305 e. The Labute approximate surface area is 134 Å². The fraction of sp³-hybridized carbons (Fsp3) is 0.375. The molecule has 1 N–H and O–H groups in total. The van der Waals surface area contributed by atoms with E-state index in [0.717, 1.165) is 24.7 Å². The number of hydrogen-bond donors (Lipinski definition) is 1. The predicted molar refractivity (Wildman–Crippen MR) is 89.0 cm³/mol. The molecular weight excluding hydrogens is 294 g/mol. The van der Waals surface area contributed by atoms with Crippen LogP contribution in [0.2, 0.25) is 0 Å². The Hall–Kier alpha value is -2.70. The first-order valence-corrected chi connectivity index (χ1v) is 7.70. The highest BCUT2D eigenvalue weighted by atomic mass is 16.6. The lowest BCUT2D eigenvalue weighted by Crippen LogP contribution is -2.32. The number of nitrogens with one attached hydrogen (secondary N) is 1. The van der Waals surface area contributed by atoms with E-state index in [1.807, 2.05) is 12.1 Å². The summed E-state index contributed by atoms with van der Waals surface area (Å²) in [7, 11) is 0. The molecule has 1 aromatic carbocycles. The van der Waals surface area contributed by atoms with Crippen LogP contribution in [-0.4, -0.2) is 28.0 Å². The fourth-order valence-electron chi connectivity index (χ4n) is 2.63. The summed E-state index contributed by atoms with van der Waals surface area (Å²) in [6, 6.07) is 8.09. The largest absolute Gasteiger partial charge is 0.372 e. The zero-order valence-corrected chi connectivity index (χ0v) is 13.0. The molecule has 0 unspecified atom stereocenters. The first-order valence-electron chi connectivity index (χ1n) is 7.70. The van der Waals surface area contributed by atoms with Crippen molar-refractivity contribution in [2.24, 2.45) is 5.92 Å². The topological polar surface area (TPSA) is 84.2 Å². The number of aromatic nitrogens is 2. The van der Waals surface area contributed by atoms with Gasteiger partial charge in [-0.1, -0.05) is 6.92 Å². The van der Waals surface area contributed by atoms with E-state index in [0.29, 0.717) is 5.95 Å². The van der Waals surface area contributed by atoms with E-state index < -0.39 is 4.92 Å². The van der Waals surface area contributed by atoms with E-state index in [9.17, 15) is 10.1 Å². The number of piperidine rings is 1. The highest BCUT2D eigenvalue weighted by molar-refractivity contribution is 5.59. The summed E-state index contributed by atoms with van der Waals surface area (Å²) in [6.45, 7) is 4.49. The Bertz CT molecular complexity index is 664. The van der Waals surface area contributed by atoms with Gasteiger partial charge in [-0.25, -0.2) is 9.97 Å². The molecule has 3 rings (SSSR count). The van der Waals surface area contributed by atoms with Crippen LogP contribution in [0.1, 0.15) is 19.8 Å². The second-order valence-corrected chi connectivity index (χ2v) is 5.86. The van der Waals surface area contributed by atoms with Crippen molar-refractivity contribution >= 4 is 23.0 Å². The quantitative estimate of drug-likeness (QED) is 0.688. The van der Waals surface area contributed by atoms with Gasteiger partial charge in [0.15, 0.2) is 0 Å². The number of nitrogens with zero attached hydrogens (tertiary/aromatic N) is 4. The van der Waals surface area contributed by atoms with Crippen molar-refractivity contribution in [3.05, 3.63) is 46.8 Å². The monoisotopic (exact) mass is 313 g/mol. The zero-order valence-electron chi connectivity index (χ0n) is 13.0. The van der Waals surface area contributed by atoms with Gasteiger partial charge in [0.1, 0.15) is 12.4 Å². The molecule has 1 fully saturated rings. The van der Waals surface area contributed by atoms with Crippen molar-refractivity contribution in [3.8, 4) is 0 Å². The van der Waals surface area contributed by atoms with Crippen LogP contribution in [-0.2, 0) is 0 Å². The molecule has 0 bridgehead atoms. The van der Waals surface area contributed by atoms with E-state index in [1.54, 1.807) is 0 Å². The minimum atomic E-state index is -0.516. The van der Waals surface area contributed by atoms with Crippen molar-refractivity contribution in [1.29, 1.82) is 0 Å². The lowest BCUT2D eigenvalue weighted by molar-refractivity contribution is -0.385. The molecule has 0 amide bonds. The zero-order chi connectivity index (χ0) is 16.2. The van der Waals surface area contributed by atoms with Crippen LogP contribution in [0.5, 0.6) is 0 Å². The average molecular weight is 313 g/mol. The molecular formula is C16H19N5O2. The van der Waals surface area contributed by atoms with Crippen LogP contribution in [0.3, 0.4) is 0 Å². The molecule has 7 heteroatoms. The van der Waals surface area contributed by atoms with Crippen molar-refractivity contribution in [2.45, 2.75) is 19.8 Å². The Morgan fingerprint density at radius 1 is 1.17 bits per heavy atom. The molecule has 0 aliphatic carbocycles. The third kappa shape index (κ3) is 3.74. The van der Waals surface area contributed by atoms with Crippen LogP contribution < -0.4 is 10.2 Å². The number of nitro groups is 1. The van der Waals surface area contributed by atoms with Crippen molar-refractivity contribution in [3.63, 3.8) is 0 Å². The van der Waals surface area contributed by atoms with Gasteiger partial charge in [-0.2, -0.15) is 0 Å². The molecule has 1 aliphatic rings. The molecule has 0 spiro atoms. The first-order chi connectivity index (χ1) is 11.1. The molecule has 1 aliphatic heterocycles. The van der Waals surface area contributed by atoms with E-state index in [2.05, 4.69) is 39.2 Å². The van der Waals surface area contributed by atoms with Crippen molar-refractivity contribution in [1.82, 2.24) is 9.97 Å². The van der Waals surface area contributed by atoms with E-state index in [-0.39, 0.29) is 5.69 Å². The summed E-state index contributed by atoms with van der Waals surface area (Å²) < 4.78 is 0. The molecule has 2 aromatic rings. The molecule has 2 heterocycles. The van der Waals surface area contributed by atoms with Gasteiger partial charge in [-0.3, -0.25) is 10.1 Å². The van der Waals surface area contributed by atoms with E-state index in [4.69, 9.17) is 0 Å². The summed E-state index contributed by atoms with van der Waals surface area (Å²) in [5.74, 6) is 1.15. The standard InChI is InChI=1S/C16H19N5O2/c1-12-6-8-20(9-7-12)14-4-2-13(3-5-14)19-16-17-10-15(11-18-16)21(22)23/h2-5,10-12H,6-9H2,1H3,(H,17,18,19). The summed E-state index contributed by atoms with van der Waals surface area (Å²) in [4.78, 5) is 20.3. The van der Waals surface area contributed by atoms with Crippen LogP contribution in [0, 0.1) is 16.0 Å². The minimum absolute atomic E-state index is 0.120. The van der Waals surface area contributed by atoms with Gasteiger partial charge in [-0.05, 0) is 43.0 Å². The molecule has 120 valence electrons. The molecule has 23 heavy (non-hydrogen) atoms. The molecule has 7 nitrogen and oxygen atoms in total. The van der Waals surface area contributed by atoms with Crippen LogP contribution in [0.25, 0.3) is 0 Å². The molecule has 1 saturated heterocycles. The Kier molecular flexibility index (Phi) is 4.36. The van der Waals surface area contributed by atoms with Gasteiger partial charge in [0.05, 0.1) is 4.92 Å². The summed E-state index contributed by atoms with van der Waals surface area (Å²) in [5, 5.41) is 13.6. The highest BCUT2D eigenvalue weighted by Crippen LogP contribution is 2.25. The normalized spacial score (nSPS) is 15.4. The van der Waals surface area contributed by atoms with Gasteiger partial charge in [-0.15, -0.1) is 0 Å². The number of benzene rings is 1. The summed E-state index contributed by atoms with van der Waals surface area (Å²) in [5.41, 5.74) is 1.95. The van der Waals surface area contributed by atoms with Crippen molar-refractivity contribution < 1.29 is 4.92 Å². The fourth-order valence-corrected chi connectivity index (χ4v) is 2.63. The Morgan fingerprint density at radius 3 is 2.35 bits per heavy atom. The Balaban J connectivity index is 1.64. The van der Waals surface area contributed by atoms with E-state index in [1.165, 1.54) is 30.9 Å². The first kappa shape index (κ1) is 15.2. The van der Waals surface area contributed by atoms with Gasteiger partial charge < -0.3 is 10.2 Å². The number of anilines is 3. The van der Waals surface area contributed by atoms with Gasteiger partial charge in [0, 0.05) is 24.5 Å². The third-order valence-corrected chi connectivity index (χ3v) is 4.12. The summed E-state index contributed by atoms with van der Waals surface area (Å²) >= 11 is 0. The molecule has 0 saturated carbocycles. The molecule has 0 radical (unpaired) electrons.